The Bertz CT molecular complexity index is 740. The topological polar surface area (TPSA) is 117 Å². The zero-order chi connectivity index (χ0) is 18.8. The molecule has 8 nitrogen and oxygen atoms in total. The minimum absolute atomic E-state index is 0.198. The van der Waals surface area contributed by atoms with E-state index in [4.69, 9.17) is 9.52 Å². The molecule has 2 rings (SSSR count). The van der Waals surface area contributed by atoms with Gasteiger partial charge in [0.05, 0.1) is 0 Å². The summed E-state index contributed by atoms with van der Waals surface area (Å²) in [6.45, 7) is 6.80. The average Bonchev–Trinajstić information content (AvgIpc) is 3.20. The summed E-state index contributed by atoms with van der Waals surface area (Å²) in [5.74, 6) is -1.46. The van der Waals surface area contributed by atoms with Gasteiger partial charge >= 0.3 is 5.97 Å². The molecule has 0 radical (unpaired) electrons. The molecule has 1 amide bonds. The number of nitrogens with one attached hydrogen (secondary N) is 1. The fraction of sp³-hybridized carbons (Fsp3) is 0.625. The zero-order valence-corrected chi connectivity index (χ0v) is 15.4. The van der Waals surface area contributed by atoms with E-state index in [1.165, 1.54) is 0 Å². The van der Waals surface area contributed by atoms with Gasteiger partial charge in [-0.3, -0.25) is 4.79 Å². The number of sulfonamides is 1. The van der Waals surface area contributed by atoms with Crippen LogP contribution in [-0.2, 0) is 14.8 Å². The number of carboxylic acids is 1. The highest BCUT2D eigenvalue weighted by molar-refractivity contribution is 7.89. The molecule has 140 valence electrons. The van der Waals surface area contributed by atoms with Gasteiger partial charge in [-0.05, 0) is 36.8 Å². The van der Waals surface area contributed by atoms with Crippen molar-refractivity contribution in [1.29, 1.82) is 0 Å². The van der Waals surface area contributed by atoms with E-state index in [-0.39, 0.29) is 18.4 Å². The number of hydrogen-bond donors (Lipinski definition) is 2. The van der Waals surface area contributed by atoms with Crippen LogP contribution in [0.5, 0.6) is 0 Å². The fourth-order valence-corrected chi connectivity index (χ4v) is 4.17. The Morgan fingerprint density at radius 1 is 1.36 bits per heavy atom. The zero-order valence-electron chi connectivity index (χ0n) is 14.6. The predicted molar refractivity (Wildman–Crippen MR) is 89.6 cm³/mol. The molecule has 2 N–H and O–H groups in total. The Kier molecular flexibility index (Phi) is 5.89. The van der Waals surface area contributed by atoms with Crippen LogP contribution in [-0.4, -0.2) is 48.8 Å². The number of hydrogen-bond acceptors (Lipinski definition) is 5. The van der Waals surface area contributed by atoms with Crippen molar-refractivity contribution < 1.29 is 27.5 Å². The van der Waals surface area contributed by atoms with Crippen LogP contribution in [0.4, 0.5) is 0 Å². The average molecular weight is 372 g/mol. The molecule has 2 atom stereocenters. The minimum Gasteiger partial charge on any atom is -0.475 e. The summed E-state index contributed by atoms with van der Waals surface area (Å²) in [5.41, 5.74) is 0. The Morgan fingerprint density at radius 3 is 2.60 bits per heavy atom. The van der Waals surface area contributed by atoms with Crippen LogP contribution in [0.3, 0.4) is 0 Å². The second-order valence-corrected chi connectivity index (χ2v) is 8.49. The molecular formula is C16H24N2O6S. The maximum atomic E-state index is 12.7. The summed E-state index contributed by atoms with van der Waals surface area (Å²) in [6.07, 6.45) is 0.983. The molecule has 1 aromatic heterocycles. The van der Waals surface area contributed by atoms with Gasteiger partial charge in [0.1, 0.15) is 6.04 Å². The van der Waals surface area contributed by atoms with E-state index in [0.29, 0.717) is 25.3 Å². The van der Waals surface area contributed by atoms with Crippen LogP contribution >= 0.6 is 0 Å². The second-order valence-electron chi connectivity index (χ2n) is 6.66. The summed E-state index contributed by atoms with van der Waals surface area (Å²) >= 11 is 0. The van der Waals surface area contributed by atoms with Crippen molar-refractivity contribution in [2.45, 2.75) is 44.7 Å². The number of carboxylic acid groups (broad SMARTS) is 1. The molecule has 0 saturated carbocycles. The van der Waals surface area contributed by atoms with Crippen molar-refractivity contribution in [3.8, 4) is 0 Å². The number of amides is 1. The maximum absolute atomic E-state index is 12.7. The number of nitrogens with zero attached hydrogens (tertiary/aromatic N) is 1. The molecule has 0 spiro atoms. The highest BCUT2D eigenvalue weighted by Crippen LogP contribution is 2.27. The molecule has 2 unspecified atom stereocenters. The van der Waals surface area contributed by atoms with Crippen LogP contribution < -0.4 is 5.32 Å². The Labute approximate surface area is 147 Å². The third-order valence-corrected chi connectivity index (χ3v) is 6.38. The summed E-state index contributed by atoms with van der Waals surface area (Å²) in [6, 6.07) is 1.39. The maximum Gasteiger partial charge on any atom is 0.371 e. The normalized spacial score (nSPS) is 19.9. The SMILES string of the molecule is CC(C)C(C)CNC(=O)C1CCCN1S(=O)(=O)c1ccc(C(=O)O)o1. The highest BCUT2D eigenvalue weighted by atomic mass is 32.2. The molecule has 1 saturated heterocycles. The third kappa shape index (κ3) is 4.21. The van der Waals surface area contributed by atoms with Crippen molar-refractivity contribution in [2.75, 3.05) is 13.1 Å². The van der Waals surface area contributed by atoms with Crippen LogP contribution in [0.1, 0.15) is 44.2 Å². The van der Waals surface area contributed by atoms with Gasteiger partial charge in [0, 0.05) is 13.1 Å². The number of aromatic carboxylic acids is 1. The quantitative estimate of drug-likeness (QED) is 0.750. The van der Waals surface area contributed by atoms with E-state index < -0.39 is 32.9 Å². The Balaban J connectivity index is 2.13. The van der Waals surface area contributed by atoms with E-state index >= 15 is 0 Å². The number of carbonyl (C=O) groups excluding carboxylic acids is 1. The van der Waals surface area contributed by atoms with Crippen molar-refractivity contribution in [2.24, 2.45) is 11.8 Å². The van der Waals surface area contributed by atoms with Gasteiger partial charge in [-0.15, -0.1) is 0 Å². The molecular weight excluding hydrogens is 348 g/mol. The lowest BCUT2D eigenvalue weighted by atomic mass is 9.98. The molecule has 1 aromatic rings. The van der Waals surface area contributed by atoms with Gasteiger partial charge < -0.3 is 14.8 Å². The number of rotatable bonds is 7. The van der Waals surface area contributed by atoms with Gasteiger partial charge in [0.2, 0.25) is 16.8 Å². The van der Waals surface area contributed by atoms with Crippen LogP contribution in [0, 0.1) is 11.8 Å². The van der Waals surface area contributed by atoms with Crippen LogP contribution in [0.25, 0.3) is 0 Å². The summed E-state index contributed by atoms with van der Waals surface area (Å²) < 4.78 is 31.4. The molecule has 1 fully saturated rings. The first-order valence-electron chi connectivity index (χ1n) is 8.27. The summed E-state index contributed by atoms with van der Waals surface area (Å²) in [5, 5.41) is 11.2. The van der Waals surface area contributed by atoms with Crippen molar-refractivity contribution in [3.05, 3.63) is 17.9 Å². The minimum atomic E-state index is -4.06. The monoisotopic (exact) mass is 372 g/mol. The molecule has 0 aliphatic carbocycles. The van der Waals surface area contributed by atoms with E-state index in [0.717, 1.165) is 16.4 Å². The Hall–Kier alpha value is -1.87. The van der Waals surface area contributed by atoms with E-state index in [2.05, 4.69) is 19.2 Å². The summed E-state index contributed by atoms with van der Waals surface area (Å²) in [7, 11) is -4.06. The molecule has 0 aromatic carbocycles. The van der Waals surface area contributed by atoms with Gasteiger partial charge in [0.15, 0.2) is 0 Å². The van der Waals surface area contributed by atoms with Gasteiger partial charge in [-0.1, -0.05) is 20.8 Å². The first-order valence-corrected chi connectivity index (χ1v) is 9.71. The first kappa shape index (κ1) is 19.5. The predicted octanol–water partition coefficient (Wildman–Crippen LogP) is 1.54. The lowest BCUT2D eigenvalue weighted by Gasteiger charge is -2.23. The number of carbonyl (C=O) groups is 2. The third-order valence-electron chi connectivity index (χ3n) is 4.60. The molecule has 2 heterocycles. The standard InChI is InChI=1S/C16H24N2O6S/c1-10(2)11(3)9-17-15(19)12-5-4-8-18(12)25(22,23)14-7-6-13(24-14)16(20)21/h6-7,10-12H,4-5,8-9H2,1-3H3,(H,17,19)(H,20,21). The molecule has 1 aliphatic heterocycles. The van der Waals surface area contributed by atoms with Gasteiger partial charge in [0.25, 0.3) is 10.0 Å². The number of furan rings is 1. The molecule has 25 heavy (non-hydrogen) atoms. The van der Waals surface area contributed by atoms with E-state index in [9.17, 15) is 18.0 Å². The first-order chi connectivity index (χ1) is 11.6. The molecule has 9 heteroatoms. The Morgan fingerprint density at radius 2 is 2.04 bits per heavy atom. The van der Waals surface area contributed by atoms with E-state index in [1.807, 2.05) is 6.92 Å². The van der Waals surface area contributed by atoms with Gasteiger partial charge in [-0.25, -0.2) is 13.2 Å². The van der Waals surface area contributed by atoms with E-state index in [1.54, 1.807) is 0 Å². The van der Waals surface area contributed by atoms with Crippen molar-refractivity contribution in [1.82, 2.24) is 9.62 Å². The largest absolute Gasteiger partial charge is 0.475 e. The smallest absolute Gasteiger partial charge is 0.371 e. The lowest BCUT2D eigenvalue weighted by Crippen LogP contribution is -2.46. The second kappa shape index (κ2) is 7.57. The van der Waals surface area contributed by atoms with Crippen LogP contribution in [0.2, 0.25) is 0 Å². The molecule has 0 bridgehead atoms. The van der Waals surface area contributed by atoms with Gasteiger partial charge in [-0.2, -0.15) is 4.31 Å². The van der Waals surface area contributed by atoms with Crippen molar-refractivity contribution in [3.63, 3.8) is 0 Å². The molecule has 1 aliphatic rings. The highest BCUT2D eigenvalue weighted by Gasteiger charge is 2.41. The summed E-state index contributed by atoms with van der Waals surface area (Å²) in [4.78, 5) is 23.3. The van der Waals surface area contributed by atoms with Crippen molar-refractivity contribution >= 4 is 21.9 Å². The van der Waals surface area contributed by atoms with Crippen LogP contribution in [0.15, 0.2) is 21.6 Å². The lowest BCUT2D eigenvalue weighted by molar-refractivity contribution is -0.124. The fourth-order valence-electron chi connectivity index (χ4n) is 2.59.